The van der Waals surface area contributed by atoms with Crippen LogP contribution in [0.3, 0.4) is 0 Å². The maximum Gasteiger partial charge on any atom is 0.117 e. The molecular formula is C15H24N4. The molecule has 0 spiro atoms. The number of hydrogen-bond donors (Lipinski definition) is 1. The Bertz CT molecular complexity index is 573. The molecule has 0 aromatic carbocycles. The van der Waals surface area contributed by atoms with Crippen LogP contribution < -0.4 is 5.73 Å². The monoisotopic (exact) mass is 260 g/mol. The molecule has 19 heavy (non-hydrogen) atoms. The van der Waals surface area contributed by atoms with E-state index in [0.717, 1.165) is 23.3 Å². The largest absolute Gasteiger partial charge is 0.329 e. The molecule has 2 rings (SSSR count). The lowest BCUT2D eigenvalue weighted by Gasteiger charge is -2.32. The molecule has 2 aromatic rings. The van der Waals surface area contributed by atoms with Gasteiger partial charge in [-0.2, -0.15) is 0 Å². The molecule has 0 aliphatic rings. The molecule has 0 saturated carbocycles. The van der Waals surface area contributed by atoms with Gasteiger partial charge in [0.15, 0.2) is 0 Å². The number of aromatic nitrogens is 3. The SMILES string of the molecule is CCC(C)(CN)c1nc2cnccc2n1C(C)(C)C. The Morgan fingerprint density at radius 2 is 1.95 bits per heavy atom. The zero-order valence-corrected chi connectivity index (χ0v) is 12.6. The van der Waals surface area contributed by atoms with Crippen molar-refractivity contribution < 1.29 is 0 Å². The van der Waals surface area contributed by atoms with Gasteiger partial charge in [0.2, 0.25) is 0 Å². The van der Waals surface area contributed by atoms with E-state index in [1.54, 1.807) is 0 Å². The maximum atomic E-state index is 6.01. The molecule has 0 bridgehead atoms. The molecule has 0 aliphatic carbocycles. The number of pyridine rings is 1. The summed E-state index contributed by atoms with van der Waals surface area (Å²) in [6.45, 7) is 11.5. The molecule has 104 valence electrons. The van der Waals surface area contributed by atoms with Crippen LogP contribution in [-0.4, -0.2) is 21.1 Å². The summed E-state index contributed by atoms with van der Waals surface area (Å²) in [5.41, 5.74) is 7.95. The van der Waals surface area contributed by atoms with Crippen LogP contribution >= 0.6 is 0 Å². The van der Waals surface area contributed by atoms with Gasteiger partial charge in [0.25, 0.3) is 0 Å². The molecule has 4 nitrogen and oxygen atoms in total. The van der Waals surface area contributed by atoms with Crippen LogP contribution in [0.1, 0.15) is 46.9 Å². The van der Waals surface area contributed by atoms with Gasteiger partial charge in [-0.1, -0.05) is 13.8 Å². The van der Waals surface area contributed by atoms with Crippen molar-refractivity contribution in [3.63, 3.8) is 0 Å². The van der Waals surface area contributed by atoms with Gasteiger partial charge in [-0.05, 0) is 33.3 Å². The molecule has 2 aromatic heterocycles. The van der Waals surface area contributed by atoms with Gasteiger partial charge in [0.05, 0.1) is 11.7 Å². The van der Waals surface area contributed by atoms with Crippen molar-refractivity contribution in [1.82, 2.24) is 14.5 Å². The van der Waals surface area contributed by atoms with Gasteiger partial charge in [-0.25, -0.2) is 4.98 Å². The van der Waals surface area contributed by atoms with E-state index in [0.29, 0.717) is 6.54 Å². The first kappa shape index (κ1) is 14.0. The molecule has 4 heteroatoms. The lowest BCUT2D eigenvalue weighted by atomic mass is 9.86. The Balaban J connectivity index is 2.80. The summed E-state index contributed by atoms with van der Waals surface area (Å²) < 4.78 is 2.31. The smallest absolute Gasteiger partial charge is 0.117 e. The summed E-state index contributed by atoms with van der Waals surface area (Å²) in [5, 5.41) is 0. The minimum atomic E-state index is -0.105. The molecule has 0 amide bonds. The first-order valence-corrected chi connectivity index (χ1v) is 6.87. The predicted molar refractivity (Wildman–Crippen MR) is 79.2 cm³/mol. The third kappa shape index (κ3) is 2.25. The second-order valence-electron chi connectivity index (χ2n) is 6.42. The van der Waals surface area contributed by atoms with Crippen molar-refractivity contribution >= 4 is 11.0 Å². The average Bonchev–Trinajstić information content (AvgIpc) is 2.77. The number of rotatable bonds is 3. The Morgan fingerprint density at radius 3 is 2.47 bits per heavy atom. The van der Waals surface area contributed by atoms with Crippen LogP contribution in [0.15, 0.2) is 18.5 Å². The van der Waals surface area contributed by atoms with Gasteiger partial charge in [-0.3, -0.25) is 4.98 Å². The third-order valence-electron chi connectivity index (χ3n) is 3.90. The van der Waals surface area contributed by atoms with Crippen LogP contribution in [-0.2, 0) is 11.0 Å². The van der Waals surface area contributed by atoms with Gasteiger partial charge in [0.1, 0.15) is 11.3 Å². The number of fused-ring (bicyclic) bond motifs is 1. The van der Waals surface area contributed by atoms with E-state index in [-0.39, 0.29) is 11.0 Å². The Morgan fingerprint density at radius 1 is 1.26 bits per heavy atom. The minimum Gasteiger partial charge on any atom is -0.329 e. The molecule has 0 fully saturated rings. The number of hydrogen-bond acceptors (Lipinski definition) is 3. The van der Waals surface area contributed by atoms with Gasteiger partial charge < -0.3 is 10.3 Å². The van der Waals surface area contributed by atoms with Crippen LogP contribution in [0.25, 0.3) is 11.0 Å². The third-order valence-corrected chi connectivity index (χ3v) is 3.90. The number of nitrogens with zero attached hydrogens (tertiary/aromatic N) is 3. The second-order valence-corrected chi connectivity index (χ2v) is 6.42. The van der Waals surface area contributed by atoms with Crippen LogP contribution in [0.5, 0.6) is 0 Å². The molecule has 0 aliphatic heterocycles. The first-order chi connectivity index (χ1) is 8.83. The lowest BCUT2D eigenvalue weighted by Crippen LogP contribution is -2.37. The fourth-order valence-electron chi connectivity index (χ4n) is 2.41. The lowest BCUT2D eigenvalue weighted by molar-refractivity contribution is 0.340. The highest BCUT2D eigenvalue weighted by Crippen LogP contribution is 2.33. The molecule has 2 N–H and O–H groups in total. The van der Waals surface area contributed by atoms with E-state index >= 15 is 0 Å². The van der Waals surface area contributed by atoms with E-state index in [2.05, 4.69) is 44.2 Å². The molecule has 1 atom stereocenters. The zero-order valence-electron chi connectivity index (χ0n) is 12.6. The summed E-state index contributed by atoms with van der Waals surface area (Å²) in [7, 11) is 0. The van der Waals surface area contributed by atoms with Crippen LogP contribution in [0.2, 0.25) is 0 Å². The van der Waals surface area contributed by atoms with E-state index < -0.39 is 0 Å². The van der Waals surface area contributed by atoms with E-state index in [1.165, 1.54) is 0 Å². The van der Waals surface area contributed by atoms with Crippen molar-refractivity contribution in [2.24, 2.45) is 5.73 Å². The minimum absolute atomic E-state index is 0.0307. The van der Waals surface area contributed by atoms with Crippen LogP contribution in [0, 0.1) is 0 Å². The molecular weight excluding hydrogens is 236 g/mol. The highest BCUT2D eigenvalue weighted by Gasteiger charge is 2.33. The Kier molecular flexibility index (Phi) is 3.39. The normalized spacial score (nSPS) is 15.7. The van der Waals surface area contributed by atoms with E-state index in [9.17, 15) is 0 Å². The highest BCUT2D eigenvalue weighted by molar-refractivity contribution is 5.75. The van der Waals surface area contributed by atoms with Gasteiger partial charge in [0, 0.05) is 23.7 Å². The zero-order chi connectivity index (χ0) is 14.3. The quantitative estimate of drug-likeness (QED) is 0.923. The Hall–Kier alpha value is -1.42. The van der Waals surface area contributed by atoms with E-state index in [4.69, 9.17) is 10.7 Å². The van der Waals surface area contributed by atoms with Crippen LogP contribution in [0.4, 0.5) is 0 Å². The molecule has 0 saturated heterocycles. The fraction of sp³-hybridized carbons (Fsp3) is 0.600. The summed E-state index contributed by atoms with van der Waals surface area (Å²) >= 11 is 0. The Labute approximate surface area is 115 Å². The van der Waals surface area contributed by atoms with Crippen molar-refractivity contribution in [1.29, 1.82) is 0 Å². The average molecular weight is 260 g/mol. The summed E-state index contributed by atoms with van der Waals surface area (Å²) in [5.74, 6) is 1.06. The summed E-state index contributed by atoms with van der Waals surface area (Å²) in [6, 6.07) is 2.03. The predicted octanol–water partition coefficient (Wildman–Crippen LogP) is 2.81. The van der Waals surface area contributed by atoms with Gasteiger partial charge in [-0.15, -0.1) is 0 Å². The van der Waals surface area contributed by atoms with Gasteiger partial charge >= 0.3 is 0 Å². The molecule has 2 heterocycles. The fourth-order valence-corrected chi connectivity index (χ4v) is 2.41. The number of nitrogens with two attached hydrogens (primary N) is 1. The maximum absolute atomic E-state index is 6.01. The topological polar surface area (TPSA) is 56.7 Å². The second kappa shape index (κ2) is 4.60. The highest BCUT2D eigenvalue weighted by atomic mass is 15.1. The standard InChI is InChI=1S/C15H24N4/c1-6-15(5,10-16)13-18-11-9-17-8-7-12(11)19(13)14(2,3)4/h7-9H,6,10,16H2,1-5H3. The van der Waals surface area contributed by atoms with Crippen molar-refractivity contribution in [2.75, 3.05) is 6.54 Å². The van der Waals surface area contributed by atoms with Crippen molar-refractivity contribution in [3.05, 3.63) is 24.3 Å². The summed E-state index contributed by atoms with van der Waals surface area (Å²) in [6.07, 6.45) is 4.62. The first-order valence-electron chi connectivity index (χ1n) is 6.87. The van der Waals surface area contributed by atoms with Crippen molar-refractivity contribution in [3.8, 4) is 0 Å². The van der Waals surface area contributed by atoms with E-state index in [1.807, 2.05) is 18.5 Å². The van der Waals surface area contributed by atoms with Crippen molar-refractivity contribution in [2.45, 2.75) is 52.0 Å². The summed E-state index contributed by atoms with van der Waals surface area (Å²) in [4.78, 5) is 8.99. The molecule has 1 unspecified atom stereocenters. The molecule has 0 radical (unpaired) electrons. The number of imidazole rings is 1.